The highest BCUT2D eigenvalue weighted by Gasteiger charge is 2.36. The van der Waals surface area contributed by atoms with Gasteiger partial charge in [-0.05, 0) is 54.7 Å². The molecule has 3 heterocycles. The van der Waals surface area contributed by atoms with Gasteiger partial charge in [-0.25, -0.2) is 4.79 Å². The lowest BCUT2D eigenvalue weighted by Crippen LogP contribution is -2.39. The third-order valence-corrected chi connectivity index (χ3v) is 5.87. The maximum atomic E-state index is 12.0. The van der Waals surface area contributed by atoms with Gasteiger partial charge in [-0.15, -0.1) is 0 Å². The van der Waals surface area contributed by atoms with Gasteiger partial charge in [0.15, 0.2) is 23.0 Å². The summed E-state index contributed by atoms with van der Waals surface area (Å²) in [5.41, 5.74) is 4.74. The van der Waals surface area contributed by atoms with E-state index in [-0.39, 0.29) is 19.4 Å². The lowest BCUT2D eigenvalue weighted by Gasteiger charge is -2.41. The molecular formula is C22H23NO6. The third-order valence-electron chi connectivity index (χ3n) is 5.87. The van der Waals surface area contributed by atoms with Crippen LogP contribution in [0.5, 0.6) is 23.0 Å². The second-order valence-corrected chi connectivity index (χ2v) is 7.36. The lowest BCUT2D eigenvalue weighted by atomic mass is 9.83. The summed E-state index contributed by atoms with van der Waals surface area (Å²) >= 11 is 0. The van der Waals surface area contributed by atoms with Crippen LogP contribution in [0.15, 0.2) is 24.3 Å². The summed E-state index contributed by atoms with van der Waals surface area (Å²) in [4.78, 5) is 14.4. The number of carbonyl (C=O) groups is 1. The molecule has 0 aliphatic carbocycles. The Kier molecular flexibility index (Phi) is 4.47. The molecule has 2 aromatic rings. The molecule has 0 spiro atoms. The molecule has 0 amide bonds. The molecule has 7 heteroatoms. The highest BCUT2D eigenvalue weighted by molar-refractivity contribution is 5.67. The second kappa shape index (κ2) is 7.15. The van der Waals surface area contributed by atoms with Crippen LogP contribution in [0.25, 0.3) is 0 Å². The maximum Gasteiger partial charge on any atom is 0.513 e. The number of hydrogen-bond acceptors (Lipinski definition) is 7. The Hall–Kier alpha value is -2.93. The van der Waals surface area contributed by atoms with Crippen molar-refractivity contribution in [2.75, 3.05) is 27.1 Å². The minimum absolute atomic E-state index is 0.254. The van der Waals surface area contributed by atoms with Crippen LogP contribution in [0.2, 0.25) is 0 Å². The van der Waals surface area contributed by atoms with Gasteiger partial charge in [0, 0.05) is 24.7 Å². The van der Waals surface area contributed by atoms with E-state index in [4.69, 9.17) is 23.7 Å². The quantitative estimate of drug-likeness (QED) is 0.579. The van der Waals surface area contributed by atoms with Crippen molar-refractivity contribution >= 4 is 6.16 Å². The average Bonchev–Trinajstić information content (AvgIpc) is 3.19. The van der Waals surface area contributed by atoms with Gasteiger partial charge >= 0.3 is 6.16 Å². The Balaban J connectivity index is 1.51. The van der Waals surface area contributed by atoms with Crippen LogP contribution >= 0.6 is 0 Å². The number of methoxy groups -OCH3 is 1. The molecular weight excluding hydrogens is 374 g/mol. The van der Waals surface area contributed by atoms with E-state index in [2.05, 4.69) is 23.1 Å². The van der Waals surface area contributed by atoms with Crippen LogP contribution in [-0.4, -0.2) is 38.1 Å². The molecule has 0 saturated heterocycles. The number of carbonyl (C=O) groups excluding carboxylic acids is 1. The summed E-state index contributed by atoms with van der Waals surface area (Å²) in [7, 11) is 1.57. The summed E-state index contributed by atoms with van der Waals surface area (Å²) in [6.07, 6.45) is 1.05. The summed E-state index contributed by atoms with van der Waals surface area (Å²) < 4.78 is 27.1. The molecule has 0 radical (unpaired) electrons. The number of fused-ring (bicyclic) bond motifs is 5. The van der Waals surface area contributed by atoms with E-state index in [0.29, 0.717) is 18.0 Å². The SMILES string of the molecule is CCOC(=O)Oc1c(OC)ccc2c1CN1CCc3cc4c(cc3C1C2)OCO4. The lowest BCUT2D eigenvalue weighted by molar-refractivity contribution is 0.100. The number of hydrogen-bond donors (Lipinski definition) is 0. The summed E-state index contributed by atoms with van der Waals surface area (Å²) in [6, 6.07) is 8.41. The maximum absolute atomic E-state index is 12.0. The molecule has 7 nitrogen and oxygen atoms in total. The molecule has 0 fully saturated rings. The van der Waals surface area contributed by atoms with Crippen LogP contribution in [-0.2, 0) is 24.1 Å². The van der Waals surface area contributed by atoms with Crippen LogP contribution in [0, 0.1) is 0 Å². The Bertz CT molecular complexity index is 972. The van der Waals surface area contributed by atoms with Crippen LogP contribution in [0.4, 0.5) is 4.79 Å². The van der Waals surface area contributed by atoms with Gasteiger partial charge in [-0.1, -0.05) is 6.07 Å². The van der Waals surface area contributed by atoms with Crippen molar-refractivity contribution in [2.24, 2.45) is 0 Å². The monoisotopic (exact) mass is 397 g/mol. The highest BCUT2D eigenvalue weighted by Crippen LogP contribution is 2.46. The van der Waals surface area contributed by atoms with Crippen LogP contribution in [0.1, 0.15) is 35.2 Å². The molecule has 0 aromatic heterocycles. The normalized spacial score (nSPS) is 19.0. The molecule has 1 atom stereocenters. The van der Waals surface area contributed by atoms with E-state index in [1.807, 2.05) is 6.07 Å². The molecule has 3 aliphatic rings. The number of rotatable bonds is 3. The van der Waals surface area contributed by atoms with Gasteiger partial charge in [0.25, 0.3) is 0 Å². The average molecular weight is 397 g/mol. The van der Waals surface area contributed by atoms with Crippen molar-refractivity contribution in [3.63, 3.8) is 0 Å². The fourth-order valence-electron chi connectivity index (χ4n) is 4.50. The van der Waals surface area contributed by atoms with E-state index in [1.54, 1.807) is 14.0 Å². The van der Waals surface area contributed by atoms with Gasteiger partial charge in [-0.2, -0.15) is 0 Å². The molecule has 0 saturated carbocycles. The minimum atomic E-state index is -0.710. The van der Waals surface area contributed by atoms with Gasteiger partial charge in [-0.3, -0.25) is 4.90 Å². The van der Waals surface area contributed by atoms with Gasteiger partial charge < -0.3 is 23.7 Å². The Morgan fingerprint density at radius 1 is 1.21 bits per heavy atom. The zero-order chi connectivity index (χ0) is 20.0. The van der Waals surface area contributed by atoms with Crippen molar-refractivity contribution < 1.29 is 28.5 Å². The van der Waals surface area contributed by atoms with E-state index in [1.165, 1.54) is 11.1 Å². The molecule has 2 aromatic carbocycles. The summed E-state index contributed by atoms with van der Waals surface area (Å²) in [5.74, 6) is 2.65. The molecule has 152 valence electrons. The highest BCUT2D eigenvalue weighted by atomic mass is 16.7. The second-order valence-electron chi connectivity index (χ2n) is 7.36. The smallest absolute Gasteiger partial charge is 0.493 e. The Labute approximate surface area is 169 Å². The summed E-state index contributed by atoms with van der Waals surface area (Å²) in [5, 5.41) is 0. The van der Waals surface area contributed by atoms with E-state index in [9.17, 15) is 4.79 Å². The van der Waals surface area contributed by atoms with E-state index >= 15 is 0 Å². The van der Waals surface area contributed by atoms with Crippen LogP contribution < -0.4 is 18.9 Å². The third kappa shape index (κ3) is 3.06. The molecule has 3 aliphatic heterocycles. The molecule has 1 unspecified atom stereocenters. The number of ether oxygens (including phenoxy) is 5. The first kappa shape index (κ1) is 18.1. The first-order chi connectivity index (χ1) is 14.2. The zero-order valence-electron chi connectivity index (χ0n) is 16.5. The predicted octanol–water partition coefficient (Wildman–Crippen LogP) is 3.61. The topological polar surface area (TPSA) is 66.5 Å². The Morgan fingerprint density at radius 3 is 2.83 bits per heavy atom. The number of benzene rings is 2. The molecule has 29 heavy (non-hydrogen) atoms. The fourth-order valence-corrected chi connectivity index (χ4v) is 4.50. The van der Waals surface area contributed by atoms with Crippen molar-refractivity contribution in [1.29, 1.82) is 0 Å². The first-order valence-electron chi connectivity index (χ1n) is 9.87. The van der Waals surface area contributed by atoms with E-state index < -0.39 is 6.16 Å². The van der Waals surface area contributed by atoms with E-state index in [0.717, 1.165) is 42.0 Å². The molecule has 0 bridgehead atoms. The zero-order valence-corrected chi connectivity index (χ0v) is 16.5. The molecule has 5 rings (SSSR count). The minimum Gasteiger partial charge on any atom is -0.493 e. The Morgan fingerprint density at radius 2 is 2.03 bits per heavy atom. The molecule has 0 N–H and O–H groups in total. The van der Waals surface area contributed by atoms with Gasteiger partial charge in [0.1, 0.15) is 0 Å². The number of nitrogens with zero attached hydrogens (tertiary/aromatic N) is 1. The van der Waals surface area contributed by atoms with Gasteiger partial charge in [0.2, 0.25) is 6.79 Å². The van der Waals surface area contributed by atoms with Gasteiger partial charge in [0.05, 0.1) is 13.7 Å². The van der Waals surface area contributed by atoms with Crippen molar-refractivity contribution in [2.45, 2.75) is 32.4 Å². The van der Waals surface area contributed by atoms with Crippen LogP contribution in [0.3, 0.4) is 0 Å². The first-order valence-corrected chi connectivity index (χ1v) is 9.87. The van der Waals surface area contributed by atoms with Crippen molar-refractivity contribution in [3.8, 4) is 23.0 Å². The predicted molar refractivity (Wildman–Crippen MR) is 104 cm³/mol. The van der Waals surface area contributed by atoms with Crippen molar-refractivity contribution in [3.05, 3.63) is 46.5 Å². The fraction of sp³-hybridized carbons (Fsp3) is 0.409. The summed E-state index contributed by atoms with van der Waals surface area (Å²) in [6.45, 7) is 3.90. The standard InChI is InChI=1S/C22H23NO6/c1-3-26-22(24)29-21-16-11-23-7-6-14-9-19-20(28-12-27-19)10-15(14)17(23)8-13(16)4-5-18(21)25-2/h4-5,9-10,17H,3,6-8,11-12H2,1-2H3. The van der Waals surface area contributed by atoms with Crippen molar-refractivity contribution in [1.82, 2.24) is 4.90 Å². The largest absolute Gasteiger partial charge is 0.513 e.